The third kappa shape index (κ3) is 5.44. The van der Waals surface area contributed by atoms with Crippen LogP contribution in [0.3, 0.4) is 0 Å². The number of hydrogen-bond acceptors (Lipinski definition) is 4. The van der Waals surface area contributed by atoms with Crippen molar-refractivity contribution < 1.29 is 9.59 Å². The normalized spacial score (nSPS) is 10.5. The summed E-state index contributed by atoms with van der Waals surface area (Å²) in [6.07, 6.45) is 0.747. The molecule has 1 heterocycles. The minimum atomic E-state index is -0.409. The maximum atomic E-state index is 12.3. The Labute approximate surface area is 151 Å². The van der Waals surface area contributed by atoms with E-state index in [0.717, 1.165) is 6.42 Å². The number of aromatic nitrogens is 2. The molecule has 1 aromatic heterocycles. The summed E-state index contributed by atoms with van der Waals surface area (Å²) in [5, 5.41) is 12.2. The quantitative estimate of drug-likeness (QED) is 0.738. The highest BCUT2D eigenvalue weighted by atomic mass is 16.2. The molecule has 26 heavy (non-hydrogen) atoms. The molecule has 0 spiro atoms. The number of nitrogens with one attached hydrogen (secondary N) is 3. The zero-order chi connectivity index (χ0) is 19.1. The smallest absolute Gasteiger partial charge is 0.319 e. The van der Waals surface area contributed by atoms with Crippen LogP contribution in [-0.2, 0) is 6.54 Å². The first kappa shape index (κ1) is 19.2. The van der Waals surface area contributed by atoms with Crippen LogP contribution in [0, 0.1) is 0 Å². The number of amides is 3. The fraction of sp³-hybridized carbons (Fsp3) is 0.333. The number of aryl methyl sites for hydroxylation is 1. The molecule has 2 rings (SSSR count). The summed E-state index contributed by atoms with van der Waals surface area (Å²) in [6.45, 7) is 6.13. The highest BCUT2D eigenvalue weighted by molar-refractivity contribution is 6.02. The first-order valence-corrected chi connectivity index (χ1v) is 8.46. The van der Waals surface area contributed by atoms with Crippen molar-refractivity contribution in [1.29, 1.82) is 0 Å². The Morgan fingerprint density at radius 2 is 1.65 bits per heavy atom. The Bertz CT molecular complexity index is 827. The fourth-order valence-corrected chi connectivity index (χ4v) is 2.20. The van der Waals surface area contributed by atoms with Gasteiger partial charge in [-0.1, -0.05) is 6.92 Å². The van der Waals surface area contributed by atoms with E-state index in [9.17, 15) is 14.4 Å². The predicted molar refractivity (Wildman–Crippen MR) is 100 cm³/mol. The number of carbonyl (C=O) groups is 2. The summed E-state index contributed by atoms with van der Waals surface area (Å²) in [4.78, 5) is 35.6. The summed E-state index contributed by atoms with van der Waals surface area (Å²) < 4.78 is 1.27. The predicted octanol–water partition coefficient (Wildman–Crippen LogP) is 2.44. The van der Waals surface area contributed by atoms with Gasteiger partial charge in [0.15, 0.2) is 0 Å². The minimum Gasteiger partial charge on any atom is -0.336 e. The molecule has 1 aromatic carbocycles. The molecule has 0 saturated heterocycles. The van der Waals surface area contributed by atoms with E-state index in [4.69, 9.17) is 0 Å². The van der Waals surface area contributed by atoms with E-state index in [1.165, 1.54) is 16.8 Å². The molecule has 0 aliphatic rings. The van der Waals surface area contributed by atoms with Crippen LogP contribution in [0.1, 0.15) is 37.7 Å². The number of urea groups is 1. The summed E-state index contributed by atoms with van der Waals surface area (Å²) in [6, 6.07) is 9.18. The Morgan fingerprint density at radius 3 is 2.23 bits per heavy atom. The lowest BCUT2D eigenvalue weighted by Gasteiger charge is -2.11. The highest BCUT2D eigenvalue weighted by Crippen LogP contribution is 2.14. The number of carbonyl (C=O) groups excluding carboxylic acids is 2. The average molecular weight is 357 g/mol. The SMILES string of the molecule is CCCn1nc(C(=O)Nc2ccc(NC(=O)NC(C)C)cc2)ccc1=O. The summed E-state index contributed by atoms with van der Waals surface area (Å²) in [7, 11) is 0. The fourth-order valence-electron chi connectivity index (χ4n) is 2.20. The van der Waals surface area contributed by atoms with Crippen LogP contribution in [-0.4, -0.2) is 27.8 Å². The van der Waals surface area contributed by atoms with E-state index >= 15 is 0 Å². The molecule has 3 amide bonds. The highest BCUT2D eigenvalue weighted by Gasteiger charge is 2.10. The van der Waals surface area contributed by atoms with E-state index in [2.05, 4.69) is 21.0 Å². The van der Waals surface area contributed by atoms with Crippen molar-refractivity contribution >= 4 is 23.3 Å². The molecule has 2 aromatic rings. The minimum absolute atomic E-state index is 0.0389. The maximum Gasteiger partial charge on any atom is 0.319 e. The van der Waals surface area contributed by atoms with E-state index in [0.29, 0.717) is 17.9 Å². The van der Waals surface area contributed by atoms with Crippen LogP contribution in [0.2, 0.25) is 0 Å². The van der Waals surface area contributed by atoms with Crippen molar-refractivity contribution in [3.63, 3.8) is 0 Å². The lowest BCUT2D eigenvalue weighted by atomic mass is 10.2. The second-order valence-corrected chi connectivity index (χ2v) is 6.06. The maximum absolute atomic E-state index is 12.3. The van der Waals surface area contributed by atoms with Gasteiger partial charge in [-0.25, -0.2) is 9.48 Å². The van der Waals surface area contributed by atoms with Crippen molar-refractivity contribution in [2.45, 2.75) is 39.8 Å². The van der Waals surface area contributed by atoms with Crippen LogP contribution >= 0.6 is 0 Å². The van der Waals surface area contributed by atoms with Crippen molar-refractivity contribution in [2.75, 3.05) is 10.6 Å². The molecule has 0 saturated carbocycles. The molecule has 0 aliphatic heterocycles. The van der Waals surface area contributed by atoms with Gasteiger partial charge in [-0.05, 0) is 50.6 Å². The first-order chi connectivity index (χ1) is 12.4. The molecule has 0 fully saturated rings. The van der Waals surface area contributed by atoms with Crippen LogP contribution in [0.4, 0.5) is 16.2 Å². The molecule has 0 radical (unpaired) electrons. The zero-order valence-electron chi connectivity index (χ0n) is 15.1. The number of nitrogens with zero attached hydrogens (tertiary/aromatic N) is 2. The van der Waals surface area contributed by atoms with E-state index in [-0.39, 0.29) is 23.3 Å². The van der Waals surface area contributed by atoms with E-state index in [1.54, 1.807) is 24.3 Å². The third-order valence-corrected chi connectivity index (χ3v) is 3.36. The van der Waals surface area contributed by atoms with Gasteiger partial charge < -0.3 is 16.0 Å². The van der Waals surface area contributed by atoms with Gasteiger partial charge >= 0.3 is 6.03 Å². The van der Waals surface area contributed by atoms with Crippen molar-refractivity contribution in [3.8, 4) is 0 Å². The van der Waals surface area contributed by atoms with Crippen molar-refractivity contribution in [3.05, 3.63) is 52.4 Å². The van der Waals surface area contributed by atoms with Gasteiger partial charge in [-0.15, -0.1) is 0 Å². The Balaban J connectivity index is 2.02. The molecule has 0 unspecified atom stereocenters. The second-order valence-electron chi connectivity index (χ2n) is 6.06. The van der Waals surface area contributed by atoms with Gasteiger partial charge in [-0.2, -0.15) is 5.10 Å². The number of rotatable bonds is 6. The monoisotopic (exact) mass is 357 g/mol. The molecule has 0 bridgehead atoms. The Kier molecular flexibility index (Phi) is 6.48. The van der Waals surface area contributed by atoms with Crippen molar-refractivity contribution in [2.24, 2.45) is 0 Å². The lowest BCUT2D eigenvalue weighted by molar-refractivity contribution is 0.101. The van der Waals surface area contributed by atoms with Gasteiger partial charge in [0.25, 0.3) is 11.5 Å². The van der Waals surface area contributed by atoms with Crippen LogP contribution in [0.15, 0.2) is 41.2 Å². The van der Waals surface area contributed by atoms with Gasteiger partial charge in [0.05, 0.1) is 0 Å². The Hall–Kier alpha value is -3.16. The van der Waals surface area contributed by atoms with E-state index in [1.807, 2.05) is 20.8 Å². The molecular weight excluding hydrogens is 334 g/mol. The average Bonchev–Trinajstić information content (AvgIpc) is 2.58. The molecule has 8 nitrogen and oxygen atoms in total. The van der Waals surface area contributed by atoms with E-state index < -0.39 is 5.91 Å². The molecule has 138 valence electrons. The number of anilines is 2. The number of hydrogen-bond donors (Lipinski definition) is 3. The van der Waals surface area contributed by atoms with Gasteiger partial charge in [0.2, 0.25) is 0 Å². The van der Waals surface area contributed by atoms with Gasteiger partial charge in [0, 0.05) is 30.0 Å². The van der Waals surface area contributed by atoms with Gasteiger partial charge in [0.1, 0.15) is 5.69 Å². The molecule has 0 atom stereocenters. The van der Waals surface area contributed by atoms with Crippen molar-refractivity contribution in [1.82, 2.24) is 15.1 Å². The largest absolute Gasteiger partial charge is 0.336 e. The lowest BCUT2D eigenvalue weighted by Crippen LogP contribution is -2.34. The topological polar surface area (TPSA) is 105 Å². The van der Waals surface area contributed by atoms with Crippen LogP contribution in [0.5, 0.6) is 0 Å². The number of benzene rings is 1. The molecule has 8 heteroatoms. The summed E-state index contributed by atoms with van der Waals surface area (Å²) >= 11 is 0. The second kappa shape index (κ2) is 8.80. The standard InChI is InChI=1S/C18H23N5O3/c1-4-11-23-16(24)10-9-15(22-23)17(25)20-13-5-7-14(8-6-13)21-18(26)19-12(2)3/h5-10,12H,4,11H2,1-3H3,(H,20,25)(H2,19,21,26). The molecular formula is C18H23N5O3. The molecule has 0 aliphatic carbocycles. The summed E-state index contributed by atoms with van der Waals surface area (Å²) in [5.74, 6) is -0.409. The third-order valence-electron chi connectivity index (χ3n) is 3.36. The van der Waals surface area contributed by atoms with Crippen LogP contribution in [0.25, 0.3) is 0 Å². The summed E-state index contributed by atoms with van der Waals surface area (Å²) in [5.41, 5.74) is 1.09. The first-order valence-electron chi connectivity index (χ1n) is 8.46. The molecule has 3 N–H and O–H groups in total. The van der Waals surface area contributed by atoms with Gasteiger partial charge in [-0.3, -0.25) is 9.59 Å². The van der Waals surface area contributed by atoms with Crippen LogP contribution < -0.4 is 21.5 Å². The Morgan fingerprint density at radius 1 is 1.04 bits per heavy atom. The zero-order valence-corrected chi connectivity index (χ0v) is 15.1.